The molecule has 0 aliphatic carbocycles. The maximum absolute atomic E-state index is 12.3. The Morgan fingerprint density at radius 1 is 1.00 bits per heavy atom. The van der Waals surface area contributed by atoms with E-state index in [0.29, 0.717) is 22.2 Å². The number of para-hydroxylation sites is 1. The van der Waals surface area contributed by atoms with Crippen molar-refractivity contribution >= 4 is 29.2 Å². The number of hydrogen-bond acceptors (Lipinski definition) is 5. The maximum Gasteiger partial charge on any atom is 0.342 e. The zero-order valence-electron chi connectivity index (χ0n) is 14.1. The number of anilines is 1. The lowest BCUT2D eigenvalue weighted by Crippen LogP contribution is -2.21. The Labute approximate surface area is 160 Å². The maximum atomic E-state index is 12.3. The van der Waals surface area contributed by atoms with Crippen molar-refractivity contribution in [3.63, 3.8) is 0 Å². The Kier molecular flexibility index (Phi) is 6.02. The quantitative estimate of drug-likeness (QED) is 0.642. The third-order valence-corrected chi connectivity index (χ3v) is 3.68. The molecule has 3 aromatic rings. The minimum atomic E-state index is -0.666. The average Bonchev–Trinajstić information content (AvgIpc) is 2.69. The number of halogens is 1. The number of nitrogens with one attached hydrogen (secondary N) is 1. The lowest BCUT2D eigenvalue weighted by atomic mass is 10.2. The van der Waals surface area contributed by atoms with Gasteiger partial charge in [0.25, 0.3) is 5.91 Å². The molecule has 1 aromatic heterocycles. The molecular weight excluding hydrogens is 368 g/mol. The van der Waals surface area contributed by atoms with E-state index in [1.807, 2.05) is 0 Å². The van der Waals surface area contributed by atoms with Crippen molar-refractivity contribution in [2.24, 2.45) is 0 Å². The van der Waals surface area contributed by atoms with Crippen LogP contribution in [0.15, 0.2) is 73.1 Å². The summed E-state index contributed by atoms with van der Waals surface area (Å²) in [7, 11) is 0. The van der Waals surface area contributed by atoms with E-state index in [-0.39, 0.29) is 5.56 Å². The van der Waals surface area contributed by atoms with Gasteiger partial charge in [0, 0.05) is 16.9 Å². The van der Waals surface area contributed by atoms with Gasteiger partial charge in [-0.3, -0.25) is 9.78 Å². The van der Waals surface area contributed by atoms with Crippen LogP contribution in [0.5, 0.6) is 11.5 Å². The van der Waals surface area contributed by atoms with Crippen molar-refractivity contribution in [1.82, 2.24) is 4.98 Å². The number of carbonyl (C=O) groups excluding carboxylic acids is 2. The van der Waals surface area contributed by atoms with Crippen molar-refractivity contribution in [2.75, 3.05) is 11.9 Å². The topological polar surface area (TPSA) is 77.5 Å². The van der Waals surface area contributed by atoms with Gasteiger partial charge in [0.1, 0.15) is 17.1 Å². The van der Waals surface area contributed by atoms with Crippen molar-refractivity contribution in [2.45, 2.75) is 0 Å². The number of hydrogen-bond donors (Lipinski definition) is 1. The lowest BCUT2D eigenvalue weighted by Gasteiger charge is -2.11. The summed E-state index contributed by atoms with van der Waals surface area (Å²) in [5.41, 5.74) is 0.765. The molecule has 2 aromatic carbocycles. The predicted octanol–water partition coefficient (Wildman–Crippen LogP) is 4.32. The first-order chi connectivity index (χ1) is 13.1. The van der Waals surface area contributed by atoms with Gasteiger partial charge in [-0.25, -0.2) is 4.79 Å². The van der Waals surface area contributed by atoms with Crippen LogP contribution in [0, 0.1) is 0 Å². The van der Waals surface area contributed by atoms with Crippen LogP contribution in [0.1, 0.15) is 10.4 Å². The predicted molar refractivity (Wildman–Crippen MR) is 101 cm³/mol. The zero-order valence-corrected chi connectivity index (χ0v) is 14.8. The molecule has 0 saturated heterocycles. The largest absolute Gasteiger partial charge is 0.455 e. The van der Waals surface area contributed by atoms with E-state index < -0.39 is 18.5 Å². The fraction of sp³-hybridized carbons (Fsp3) is 0.0500. The number of nitrogens with zero attached hydrogens (tertiary/aromatic N) is 1. The zero-order chi connectivity index (χ0) is 19.1. The Morgan fingerprint density at radius 3 is 2.52 bits per heavy atom. The molecule has 0 saturated carbocycles. The first kappa shape index (κ1) is 18.4. The van der Waals surface area contributed by atoms with E-state index in [1.54, 1.807) is 66.9 Å². The van der Waals surface area contributed by atoms with Gasteiger partial charge in [0.05, 0.1) is 6.20 Å². The van der Waals surface area contributed by atoms with E-state index >= 15 is 0 Å². The van der Waals surface area contributed by atoms with E-state index in [4.69, 9.17) is 21.1 Å². The summed E-state index contributed by atoms with van der Waals surface area (Å²) in [6.45, 7) is -0.428. The van der Waals surface area contributed by atoms with Crippen LogP contribution in [-0.4, -0.2) is 23.5 Å². The van der Waals surface area contributed by atoms with E-state index in [9.17, 15) is 9.59 Å². The number of rotatable bonds is 6. The molecule has 0 aliphatic rings. The standard InChI is InChI=1S/C20H15ClN2O4/c21-14-7-9-15(10-8-14)23-19(24)13-26-20(25)17-5-1-2-6-18(17)27-16-4-3-11-22-12-16/h1-12H,13H2,(H,23,24). The molecule has 0 fully saturated rings. The molecule has 1 N–H and O–H groups in total. The number of benzene rings is 2. The molecule has 1 amide bonds. The molecule has 7 heteroatoms. The second kappa shape index (κ2) is 8.82. The molecule has 0 bridgehead atoms. The fourth-order valence-corrected chi connectivity index (χ4v) is 2.32. The molecule has 0 aliphatic heterocycles. The van der Waals surface area contributed by atoms with Gasteiger partial charge >= 0.3 is 5.97 Å². The third kappa shape index (κ3) is 5.29. The molecule has 1 heterocycles. The van der Waals surface area contributed by atoms with Gasteiger partial charge in [-0.2, -0.15) is 0 Å². The minimum Gasteiger partial charge on any atom is -0.455 e. The summed E-state index contributed by atoms with van der Waals surface area (Å²) in [6, 6.07) is 16.6. The first-order valence-corrected chi connectivity index (χ1v) is 8.39. The monoisotopic (exact) mass is 382 g/mol. The van der Waals surface area contributed by atoms with Crippen molar-refractivity contribution < 1.29 is 19.1 Å². The van der Waals surface area contributed by atoms with Gasteiger partial charge in [-0.05, 0) is 48.5 Å². The molecule has 0 atom stereocenters. The molecule has 0 unspecified atom stereocenters. The normalized spacial score (nSPS) is 10.1. The number of pyridine rings is 1. The van der Waals surface area contributed by atoms with Crippen molar-refractivity contribution in [3.8, 4) is 11.5 Å². The highest BCUT2D eigenvalue weighted by atomic mass is 35.5. The first-order valence-electron chi connectivity index (χ1n) is 8.01. The molecule has 0 spiro atoms. The number of esters is 1. The SMILES string of the molecule is O=C(COC(=O)c1ccccc1Oc1cccnc1)Nc1ccc(Cl)cc1. The highest BCUT2D eigenvalue weighted by Crippen LogP contribution is 2.25. The highest BCUT2D eigenvalue weighted by molar-refractivity contribution is 6.30. The Morgan fingerprint density at radius 2 is 1.78 bits per heavy atom. The lowest BCUT2D eigenvalue weighted by molar-refractivity contribution is -0.119. The van der Waals surface area contributed by atoms with E-state index in [0.717, 1.165) is 0 Å². The Balaban J connectivity index is 1.61. The summed E-state index contributed by atoms with van der Waals surface area (Å²) in [4.78, 5) is 28.2. The van der Waals surface area contributed by atoms with Gasteiger partial charge in [0.15, 0.2) is 6.61 Å². The smallest absolute Gasteiger partial charge is 0.342 e. The van der Waals surface area contributed by atoms with Crippen LogP contribution >= 0.6 is 11.6 Å². The van der Waals surface area contributed by atoms with Gasteiger partial charge in [0.2, 0.25) is 0 Å². The summed E-state index contributed by atoms with van der Waals surface area (Å²) in [6.07, 6.45) is 3.15. The number of aromatic nitrogens is 1. The summed E-state index contributed by atoms with van der Waals surface area (Å²) < 4.78 is 10.8. The minimum absolute atomic E-state index is 0.209. The second-order valence-electron chi connectivity index (χ2n) is 5.42. The average molecular weight is 383 g/mol. The van der Waals surface area contributed by atoms with E-state index in [1.165, 1.54) is 6.20 Å². The number of amides is 1. The molecule has 6 nitrogen and oxygen atoms in total. The summed E-state index contributed by atoms with van der Waals surface area (Å²) >= 11 is 5.79. The number of ether oxygens (including phenoxy) is 2. The third-order valence-electron chi connectivity index (χ3n) is 3.43. The van der Waals surface area contributed by atoms with Crippen LogP contribution in [-0.2, 0) is 9.53 Å². The van der Waals surface area contributed by atoms with Crippen LogP contribution in [0.25, 0.3) is 0 Å². The molecule has 136 valence electrons. The van der Waals surface area contributed by atoms with Gasteiger partial charge in [-0.1, -0.05) is 23.7 Å². The summed E-state index contributed by atoms with van der Waals surface area (Å²) in [5.74, 6) is -0.330. The van der Waals surface area contributed by atoms with Crippen molar-refractivity contribution in [3.05, 3.63) is 83.6 Å². The molecule has 3 rings (SSSR count). The van der Waals surface area contributed by atoms with Crippen molar-refractivity contribution in [1.29, 1.82) is 0 Å². The van der Waals surface area contributed by atoms with Crippen LogP contribution in [0.3, 0.4) is 0 Å². The fourth-order valence-electron chi connectivity index (χ4n) is 2.20. The highest BCUT2D eigenvalue weighted by Gasteiger charge is 2.16. The molecular formula is C20H15ClN2O4. The second-order valence-corrected chi connectivity index (χ2v) is 5.85. The van der Waals surface area contributed by atoms with Crippen LogP contribution in [0.2, 0.25) is 5.02 Å². The van der Waals surface area contributed by atoms with Gasteiger partial charge in [-0.15, -0.1) is 0 Å². The van der Waals surface area contributed by atoms with E-state index in [2.05, 4.69) is 10.3 Å². The molecule has 0 radical (unpaired) electrons. The van der Waals surface area contributed by atoms with Gasteiger partial charge < -0.3 is 14.8 Å². The Bertz CT molecular complexity index is 930. The Hall–Kier alpha value is -3.38. The van der Waals surface area contributed by atoms with Crippen LogP contribution in [0.4, 0.5) is 5.69 Å². The van der Waals surface area contributed by atoms with Crippen LogP contribution < -0.4 is 10.1 Å². The molecule has 27 heavy (non-hydrogen) atoms. The summed E-state index contributed by atoms with van der Waals surface area (Å²) in [5, 5.41) is 3.18. The number of carbonyl (C=O) groups is 2.